The number of ether oxygens (including phenoxy) is 5. The number of carbonyl (C=O) groups excluding carboxylic acids is 2. The second-order valence-corrected chi connectivity index (χ2v) is 9.21. The Morgan fingerprint density at radius 3 is 2.13 bits per heavy atom. The summed E-state index contributed by atoms with van der Waals surface area (Å²) >= 11 is 0. The molecule has 1 aliphatic carbocycles. The van der Waals surface area contributed by atoms with E-state index in [9.17, 15) is 9.59 Å². The summed E-state index contributed by atoms with van der Waals surface area (Å²) in [7, 11) is 0. The molecule has 4 aliphatic rings. The van der Waals surface area contributed by atoms with Crippen LogP contribution < -0.4 is 0 Å². The van der Waals surface area contributed by atoms with Gasteiger partial charge in [0, 0.05) is 0 Å². The van der Waals surface area contributed by atoms with E-state index in [1.807, 2.05) is 12.2 Å². The van der Waals surface area contributed by atoms with Gasteiger partial charge in [-0.2, -0.15) is 0 Å². The van der Waals surface area contributed by atoms with Gasteiger partial charge in [0.05, 0.1) is 43.4 Å². The van der Waals surface area contributed by atoms with Crippen molar-refractivity contribution >= 4 is 11.9 Å². The lowest BCUT2D eigenvalue weighted by Crippen LogP contribution is -2.35. The summed E-state index contributed by atoms with van der Waals surface area (Å²) in [5.41, 5.74) is 0. The Morgan fingerprint density at radius 2 is 1.45 bits per heavy atom. The Bertz CT molecular complexity index is 625. The lowest BCUT2D eigenvalue weighted by molar-refractivity contribution is -0.162. The predicted molar refractivity (Wildman–Crippen MR) is 112 cm³/mol. The number of epoxide rings is 3. The summed E-state index contributed by atoms with van der Waals surface area (Å²) in [6.45, 7) is 2.34. The SMILES string of the molecule is O=C(OC/C=C/CCCC1CO1)C1CCCCC1C(=O)OCC1OC1CCCC1CO1. The summed E-state index contributed by atoms with van der Waals surface area (Å²) in [6, 6.07) is 0. The van der Waals surface area contributed by atoms with Crippen LogP contribution in [0.15, 0.2) is 12.2 Å². The molecule has 3 aliphatic heterocycles. The normalized spacial score (nSPS) is 33.8. The van der Waals surface area contributed by atoms with Crippen molar-refractivity contribution in [1.82, 2.24) is 0 Å². The Hall–Kier alpha value is -1.44. The van der Waals surface area contributed by atoms with Crippen molar-refractivity contribution in [2.45, 2.75) is 88.6 Å². The maximum Gasteiger partial charge on any atom is 0.310 e. The van der Waals surface area contributed by atoms with Crippen molar-refractivity contribution in [2.75, 3.05) is 26.4 Å². The highest BCUT2D eigenvalue weighted by atomic mass is 16.6. The zero-order valence-corrected chi connectivity index (χ0v) is 18.4. The third-order valence-electron chi connectivity index (χ3n) is 6.65. The minimum atomic E-state index is -0.395. The van der Waals surface area contributed by atoms with Crippen molar-refractivity contribution in [3.8, 4) is 0 Å². The quantitative estimate of drug-likeness (QED) is 0.178. The molecular weight excluding hydrogens is 400 g/mol. The number of allylic oxidation sites excluding steroid dienone is 1. The molecule has 174 valence electrons. The van der Waals surface area contributed by atoms with Crippen LogP contribution in [0.1, 0.15) is 64.2 Å². The fourth-order valence-corrected chi connectivity index (χ4v) is 4.45. The first-order chi connectivity index (χ1) is 15.2. The zero-order chi connectivity index (χ0) is 21.5. The molecular formula is C24H36O7. The van der Waals surface area contributed by atoms with E-state index in [-0.39, 0.29) is 37.4 Å². The van der Waals surface area contributed by atoms with Crippen molar-refractivity contribution in [2.24, 2.45) is 11.8 Å². The molecule has 0 aromatic heterocycles. The fraction of sp³-hybridized carbons (Fsp3) is 0.833. The smallest absolute Gasteiger partial charge is 0.310 e. The van der Waals surface area contributed by atoms with Crippen LogP contribution in [-0.2, 0) is 33.3 Å². The number of rotatable bonds is 14. The summed E-state index contributed by atoms with van der Waals surface area (Å²) in [5.74, 6) is -1.34. The van der Waals surface area contributed by atoms with Gasteiger partial charge in [0.25, 0.3) is 0 Å². The zero-order valence-electron chi connectivity index (χ0n) is 18.4. The molecule has 0 radical (unpaired) electrons. The molecule has 1 saturated carbocycles. The molecule has 7 heteroatoms. The molecule has 0 aromatic rings. The molecule has 6 unspecified atom stereocenters. The number of esters is 2. The van der Waals surface area contributed by atoms with E-state index in [0.717, 1.165) is 64.6 Å². The lowest BCUT2D eigenvalue weighted by atomic mass is 9.79. The Morgan fingerprint density at radius 1 is 0.806 bits per heavy atom. The van der Waals surface area contributed by atoms with Crippen LogP contribution in [0.5, 0.6) is 0 Å². The Balaban J connectivity index is 1.10. The van der Waals surface area contributed by atoms with Gasteiger partial charge in [-0.15, -0.1) is 0 Å². The molecule has 31 heavy (non-hydrogen) atoms. The first-order valence-corrected chi connectivity index (χ1v) is 12.1. The van der Waals surface area contributed by atoms with Crippen LogP contribution in [0.25, 0.3) is 0 Å². The molecule has 6 atom stereocenters. The van der Waals surface area contributed by atoms with Gasteiger partial charge in [-0.25, -0.2) is 0 Å². The Kier molecular flexibility index (Phi) is 8.39. The van der Waals surface area contributed by atoms with E-state index in [1.165, 1.54) is 0 Å². The molecule has 4 rings (SSSR count). The molecule has 3 saturated heterocycles. The molecule has 0 aromatic carbocycles. The molecule has 4 fully saturated rings. The first kappa shape index (κ1) is 22.7. The average Bonchev–Trinajstić information content (AvgIpc) is 3.64. The fourth-order valence-electron chi connectivity index (χ4n) is 4.45. The van der Waals surface area contributed by atoms with Gasteiger partial charge in [-0.1, -0.05) is 25.0 Å². The summed E-state index contributed by atoms with van der Waals surface area (Å²) < 4.78 is 27.0. The van der Waals surface area contributed by atoms with Crippen LogP contribution in [-0.4, -0.2) is 62.8 Å². The monoisotopic (exact) mass is 436 g/mol. The van der Waals surface area contributed by atoms with Crippen molar-refractivity contribution in [3.63, 3.8) is 0 Å². The molecule has 0 amide bonds. The number of hydrogen-bond acceptors (Lipinski definition) is 7. The van der Waals surface area contributed by atoms with E-state index >= 15 is 0 Å². The standard InChI is InChI=1S/C24H36O7/c25-23(27-13-6-2-1-3-8-17-14-28-17)19-10-4-5-11-20(19)24(26)30-16-22-21(31-22)12-7-9-18-15-29-18/h2,6,17-22H,1,3-5,7-16H2/b6-2+. The van der Waals surface area contributed by atoms with Gasteiger partial charge in [0.1, 0.15) is 19.3 Å². The second kappa shape index (κ2) is 11.4. The van der Waals surface area contributed by atoms with Gasteiger partial charge in [-0.3, -0.25) is 9.59 Å². The third kappa shape index (κ3) is 7.88. The van der Waals surface area contributed by atoms with Gasteiger partial charge in [-0.05, 0) is 51.4 Å². The van der Waals surface area contributed by atoms with Crippen molar-refractivity contribution in [1.29, 1.82) is 0 Å². The average molecular weight is 437 g/mol. The predicted octanol–water partition coefficient (Wildman–Crippen LogP) is 3.34. The summed E-state index contributed by atoms with van der Waals surface area (Å²) in [4.78, 5) is 25.2. The Labute approximate surface area is 184 Å². The number of unbranched alkanes of at least 4 members (excludes halogenated alkanes) is 1. The summed E-state index contributed by atoms with van der Waals surface area (Å²) in [5, 5.41) is 0. The van der Waals surface area contributed by atoms with Crippen LogP contribution in [0.2, 0.25) is 0 Å². The van der Waals surface area contributed by atoms with E-state index in [1.54, 1.807) is 0 Å². The minimum Gasteiger partial charge on any atom is -0.463 e. The van der Waals surface area contributed by atoms with Crippen LogP contribution in [0, 0.1) is 11.8 Å². The topological polar surface area (TPSA) is 90.2 Å². The van der Waals surface area contributed by atoms with E-state index in [2.05, 4.69) is 0 Å². The highest BCUT2D eigenvalue weighted by molar-refractivity contribution is 5.82. The second-order valence-electron chi connectivity index (χ2n) is 9.21. The van der Waals surface area contributed by atoms with E-state index in [0.29, 0.717) is 25.0 Å². The van der Waals surface area contributed by atoms with Gasteiger partial charge >= 0.3 is 11.9 Å². The van der Waals surface area contributed by atoms with Crippen molar-refractivity contribution in [3.05, 3.63) is 12.2 Å². The van der Waals surface area contributed by atoms with Gasteiger partial charge in [0.2, 0.25) is 0 Å². The van der Waals surface area contributed by atoms with Gasteiger partial charge in [0.15, 0.2) is 0 Å². The maximum absolute atomic E-state index is 12.6. The first-order valence-electron chi connectivity index (χ1n) is 12.1. The third-order valence-corrected chi connectivity index (χ3v) is 6.65. The number of hydrogen-bond donors (Lipinski definition) is 0. The lowest BCUT2D eigenvalue weighted by Gasteiger charge is -2.28. The summed E-state index contributed by atoms with van der Waals surface area (Å²) in [6.07, 6.45) is 14.6. The molecule has 0 bridgehead atoms. The van der Waals surface area contributed by atoms with Crippen LogP contribution in [0.3, 0.4) is 0 Å². The maximum atomic E-state index is 12.6. The molecule has 3 heterocycles. The molecule has 7 nitrogen and oxygen atoms in total. The van der Waals surface area contributed by atoms with Crippen LogP contribution >= 0.6 is 0 Å². The van der Waals surface area contributed by atoms with E-state index < -0.39 is 11.8 Å². The molecule has 0 spiro atoms. The highest BCUT2D eigenvalue weighted by Crippen LogP contribution is 2.33. The largest absolute Gasteiger partial charge is 0.463 e. The van der Waals surface area contributed by atoms with Crippen molar-refractivity contribution < 1.29 is 33.3 Å². The highest BCUT2D eigenvalue weighted by Gasteiger charge is 2.42. The molecule has 0 N–H and O–H groups in total. The van der Waals surface area contributed by atoms with Crippen LogP contribution in [0.4, 0.5) is 0 Å². The van der Waals surface area contributed by atoms with Gasteiger partial charge < -0.3 is 23.7 Å². The van der Waals surface area contributed by atoms with E-state index in [4.69, 9.17) is 23.7 Å². The minimum absolute atomic E-state index is 0.00896. The number of carbonyl (C=O) groups is 2.